The van der Waals surface area contributed by atoms with Gasteiger partial charge in [-0.2, -0.15) is 13.2 Å². The first-order chi connectivity index (χ1) is 9.93. The quantitative estimate of drug-likeness (QED) is 0.739. The molecule has 0 saturated carbocycles. The monoisotopic (exact) mass is 289 g/mol. The summed E-state index contributed by atoms with van der Waals surface area (Å²) in [7, 11) is 0. The minimum atomic E-state index is -4.46. The van der Waals surface area contributed by atoms with E-state index in [4.69, 9.17) is 5.73 Å². The number of hydrogen-bond donors (Lipinski definition) is 1. The largest absolute Gasteiger partial charge is 0.416 e. The Morgan fingerprint density at radius 1 is 1.00 bits per heavy atom. The molecule has 3 aromatic rings. The molecule has 0 atom stereocenters. The zero-order chi connectivity index (χ0) is 15.0. The highest BCUT2D eigenvalue weighted by molar-refractivity contribution is 5.83. The number of benzene rings is 1. The van der Waals surface area contributed by atoms with Crippen molar-refractivity contribution in [1.82, 2.24) is 9.97 Å². The summed E-state index contributed by atoms with van der Waals surface area (Å²) in [5.74, 6) is -0.173. The van der Waals surface area contributed by atoms with Crippen LogP contribution in [0.25, 0.3) is 22.2 Å². The number of rotatable bonds is 1. The normalized spacial score (nSPS) is 11.8. The number of hydrogen-bond acceptors (Lipinski definition) is 3. The Morgan fingerprint density at radius 3 is 2.52 bits per heavy atom. The van der Waals surface area contributed by atoms with E-state index in [1.165, 1.54) is 6.20 Å². The highest BCUT2D eigenvalue weighted by Crippen LogP contribution is 2.33. The molecule has 21 heavy (non-hydrogen) atoms. The predicted octanol–water partition coefficient (Wildman–Crippen LogP) is 3.90. The number of nitrogen functional groups attached to an aromatic ring is 1. The average Bonchev–Trinajstić information content (AvgIpc) is 2.45. The van der Waals surface area contributed by atoms with Crippen LogP contribution < -0.4 is 5.73 Å². The summed E-state index contributed by atoms with van der Waals surface area (Å²) in [4.78, 5) is 8.18. The lowest BCUT2D eigenvalue weighted by atomic mass is 10.1. The Labute approximate surface area is 118 Å². The minimum Gasteiger partial charge on any atom is -0.384 e. The SMILES string of the molecule is Nc1cc(C(F)(F)F)cc(-c2cnc3ccccc3c2)n1. The summed E-state index contributed by atoms with van der Waals surface area (Å²) in [5, 5.41) is 0.827. The lowest BCUT2D eigenvalue weighted by Crippen LogP contribution is -2.07. The van der Waals surface area contributed by atoms with Gasteiger partial charge in [-0.05, 0) is 24.3 Å². The van der Waals surface area contributed by atoms with Gasteiger partial charge in [-0.15, -0.1) is 0 Å². The maximum Gasteiger partial charge on any atom is 0.416 e. The maximum absolute atomic E-state index is 12.8. The van der Waals surface area contributed by atoms with Crippen LogP contribution in [0.4, 0.5) is 19.0 Å². The van der Waals surface area contributed by atoms with Crippen molar-refractivity contribution in [3.8, 4) is 11.3 Å². The standard InChI is InChI=1S/C15H10F3N3/c16-15(17,18)11-6-13(21-14(19)7-11)10-5-9-3-1-2-4-12(9)20-8-10/h1-8H,(H2,19,21). The van der Waals surface area contributed by atoms with Gasteiger partial charge in [-0.1, -0.05) is 18.2 Å². The van der Waals surface area contributed by atoms with Gasteiger partial charge in [0, 0.05) is 17.1 Å². The van der Waals surface area contributed by atoms with E-state index in [9.17, 15) is 13.2 Å². The van der Waals surface area contributed by atoms with Crippen molar-refractivity contribution in [2.75, 3.05) is 5.73 Å². The number of para-hydroxylation sites is 1. The van der Waals surface area contributed by atoms with E-state index in [1.807, 2.05) is 24.3 Å². The molecule has 106 valence electrons. The second-order valence-electron chi connectivity index (χ2n) is 4.58. The third-order valence-electron chi connectivity index (χ3n) is 3.06. The predicted molar refractivity (Wildman–Crippen MR) is 74.4 cm³/mol. The molecular weight excluding hydrogens is 279 g/mol. The van der Waals surface area contributed by atoms with Crippen LogP contribution in [0.5, 0.6) is 0 Å². The fourth-order valence-corrected chi connectivity index (χ4v) is 2.07. The summed E-state index contributed by atoms with van der Waals surface area (Å²) >= 11 is 0. The van der Waals surface area contributed by atoms with E-state index in [2.05, 4.69) is 9.97 Å². The lowest BCUT2D eigenvalue weighted by molar-refractivity contribution is -0.137. The highest BCUT2D eigenvalue weighted by Gasteiger charge is 2.31. The lowest BCUT2D eigenvalue weighted by Gasteiger charge is -2.10. The number of fused-ring (bicyclic) bond motifs is 1. The molecule has 0 radical (unpaired) electrons. The number of pyridine rings is 2. The van der Waals surface area contributed by atoms with Crippen LogP contribution in [0.3, 0.4) is 0 Å². The second-order valence-corrected chi connectivity index (χ2v) is 4.58. The van der Waals surface area contributed by atoms with E-state index in [-0.39, 0.29) is 11.5 Å². The zero-order valence-corrected chi connectivity index (χ0v) is 10.7. The van der Waals surface area contributed by atoms with Gasteiger partial charge >= 0.3 is 6.18 Å². The molecule has 0 bridgehead atoms. The summed E-state index contributed by atoms with van der Waals surface area (Å²) in [5.41, 5.74) is 6.06. The Balaban J connectivity index is 2.16. The third-order valence-corrected chi connectivity index (χ3v) is 3.06. The van der Waals surface area contributed by atoms with Crippen LogP contribution in [0.15, 0.2) is 48.7 Å². The smallest absolute Gasteiger partial charge is 0.384 e. The van der Waals surface area contributed by atoms with E-state index in [0.29, 0.717) is 5.56 Å². The highest BCUT2D eigenvalue weighted by atomic mass is 19.4. The van der Waals surface area contributed by atoms with Crippen molar-refractivity contribution in [3.05, 3.63) is 54.2 Å². The first-order valence-electron chi connectivity index (χ1n) is 6.13. The molecule has 3 rings (SSSR count). The van der Waals surface area contributed by atoms with Gasteiger partial charge < -0.3 is 5.73 Å². The summed E-state index contributed by atoms with van der Waals surface area (Å²) in [6.07, 6.45) is -2.97. The van der Waals surface area contributed by atoms with Crippen LogP contribution in [-0.2, 0) is 6.18 Å². The summed E-state index contributed by atoms with van der Waals surface area (Å²) in [6, 6.07) is 10.9. The number of nitrogens with zero attached hydrogens (tertiary/aromatic N) is 2. The minimum absolute atomic E-state index is 0.153. The topological polar surface area (TPSA) is 51.8 Å². The molecule has 2 heterocycles. The van der Waals surface area contributed by atoms with Crippen LogP contribution in [0.1, 0.15) is 5.56 Å². The fourth-order valence-electron chi connectivity index (χ4n) is 2.07. The molecule has 6 heteroatoms. The van der Waals surface area contributed by atoms with Crippen LogP contribution in [0, 0.1) is 0 Å². The molecule has 0 saturated heterocycles. The Kier molecular flexibility index (Phi) is 3.01. The fraction of sp³-hybridized carbons (Fsp3) is 0.0667. The van der Waals surface area contributed by atoms with Crippen LogP contribution in [0.2, 0.25) is 0 Å². The first-order valence-corrected chi connectivity index (χ1v) is 6.13. The van der Waals surface area contributed by atoms with Gasteiger partial charge in [-0.25, -0.2) is 4.98 Å². The van der Waals surface area contributed by atoms with Gasteiger partial charge in [0.05, 0.1) is 16.8 Å². The maximum atomic E-state index is 12.8. The molecule has 0 aliphatic rings. The van der Waals surface area contributed by atoms with Crippen molar-refractivity contribution in [2.24, 2.45) is 0 Å². The van der Waals surface area contributed by atoms with Crippen molar-refractivity contribution in [2.45, 2.75) is 6.18 Å². The van der Waals surface area contributed by atoms with E-state index < -0.39 is 11.7 Å². The van der Waals surface area contributed by atoms with Crippen LogP contribution in [-0.4, -0.2) is 9.97 Å². The van der Waals surface area contributed by atoms with Gasteiger partial charge in [0.15, 0.2) is 0 Å². The molecule has 0 unspecified atom stereocenters. The van der Waals surface area contributed by atoms with Gasteiger partial charge in [0.25, 0.3) is 0 Å². The molecule has 3 nitrogen and oxygen atoms in total. The number of alkyl halides is 3. The average molecular weight is 289 g/mol. The van der Waals surface area contributed by atoms with Gasteiger partial charge in [0.1, 0.15) is 5.82 Å². The number of halogens is 3. The molecule has 0 aliphatic heterocycles. The summed E-state index contributed by atoms with van der Waals surface area (Å²) < 4.78 is 38.5. The van der Waals surface area contributed by atoms with Crippen molar-refractivity contribution in [3.63, 3.8) is 0 Å². The van der Waals surface area contributed by atoms with Gasteiger partial charge in [-0.3, -0.25) is 4.98 Å². The van der Waals surface area contributed by atoms with Gasteiger partial charge in [0.2, 0.25) is 0 Å². The molecule has 0 fully saturated rings. The third kappa shape index (κ3) is 2.65. The molecule has 0 aliphatic carbocycles. The molecule has 1 aromatic carbocycles. The Bertz CT molecular complexity index is 813. The molecule has 2 N–H and O–H groups in total. The van der Waals surface area contributed by atoms with Crippen molar-refractivity contribution in [1.29, 1.82) is 0 Å². The van der Waals surface area contributed by atoms with Crippen molar-refractivity contribution < 1.29 is 13.2 Å². The molecule has 2 aromatic heterocycles. The van der Waals surface area contributed by atoms with E-state index in [1.54, 1.807) is 6.07 Å². The van der Waals surface area contributed by atoms with Crippen LogP contribution >= 0.6 is 0 Å². The Morgan fingerprint density at radius 2 is 1.76 bits per heavy atom. The number of aromatic nitrogens is 2. The van der Waals surface area contributed by atoms with E-state index in [0.717, 1.165) is 23.0 Å². The molecule has 0 spiro atoms. The van der Waals surface area contributed by atoms with Crippen molar-refractivity contribution >= 4 is 16.7 Å². The first kappa shape index (κ1) is 13.4. The summed E-state index contributed by atoms with van der Waals surface area (Å²) in [6.45, 7) is 0. The Hall–Kier alpha value is -2.63. The number of nitrogens with two attached hydrogens (primary N) is 1. The zero-order valence-electron chi connectivity index (χ0n) is 10.7. The molecular formula is C15H10F3N3. The number of anilines is 1. The van der Waals surface area contributed by atoms with E-state index >= 15 is 0 Å². The molecule has 0 amide bonds. The second kappa shape index (κ2) is 4.73.